The molecule has 2 N–H and O–H groups in total. The molecule has 1 atom stereocenters. The van der Waals surface area contributed by atoms with Crippen molar-refractivity contribution in [1.29, 1.82) is 0 Å². The summed E-state index contributed by atoms with van der Waals surface area (Å²) in [5.74, 6) is 0.793. The van der Waals surface area contributed by atoms with Gasteiger partial charge in [0.1, 0.15) is 5.75 Å². The van der Waals surface area contributed by atoms with E-state index in [1.807, 2.05) is 45.0 Å². The molecule has 0 aromatic heterocycles. The predicted molar refractivity (Wildman–Crippen MR) is 84.4 cm³/mol. The van der Waals surface area contributed by atoms with Crippen LogP contribution < -0.4 is 10.1 Å². The van der Waals surface area contributed by atoms with E-state index in [-0.39, 0.29) is 23.8 Å². The lowest BCUT2D eigenvalue weighted by molar-refractivity contribution is -0.125. The summed E-state index contributed by atoms with van der Waals surface area (Å²) in [7, 11) is 1.64. The molecule has 0 aliphatic heterocycles. The van der Waals surface area contributed by atoms with Gasteiger partial charge in [-0.15, -0.1) is 0 Å². The van der Waals surface area contributed by atoms with Crippen LogP contribution in [0.3, 0.4) is 0 Å². The first kappa shape index (κ1) is 17.5. The van der Waals surface area contributed by atoms with E-state index < -0.39 is 0 Å². The Bertz CT molecular complexity index is 440. The van der Waals surface area contributed by atoms with E-state index in [4.69, 9.17) is 9.84 Å². The third kappa shape index (κ3) is 6.17. The molecule has 0 fully saturated rings. The fourth-order valence-corrected chi connectivity index (χ4v) is 2.10. The van der Waals surface area contributed by atoms with E-state index >= 15 is 0 Å². The highest BCUT2D eigenvalue weighted by Gasteiger charge is 2.20. The number of hydrogen-bond donors (Lipinski definition) is 2. The number of aliphatic hydroxyl groups is 1. The molecule has 0 heterocycles. The number of rotatable bonds is 8. The lowest BCUT2D eigenvalue weighted by atomic mass is 9.89. The molecule has 1 aromatic rings. The summed E-state index contributed by atoms with van der Waals surface area (Å²) in [5.41, 5.74) is 1.04. The highest BCUT2D eigenvalue weighted by Crippen LogP contribution is 2.19. The monoisotopic (exact) mass is 293 g/mol. The predicted octanol–water partition coefficient (Wildman–Crippen LogP) is 2.40. The average Bonchev–Trinajstić information content (AvgIpc) is 2.45. The summed E-state index contributed by atoms with van der Waals surface area (Å²) in [6.45, 7) is 6.73. The van der Waals surface area contributed by atoms with Crippen molar-refractivity contribution in [2.75, 3.05) is 20.3 Å². The molecule has 21 heavy (non-hydrogen) atoms. The minimum atomic E-state index is -0.0803. The molecule has 4 heteroatoms. The molecule has 1 rings (SSSR count). The molecule has 1 unspecified atom stereocenters. The Morgan fingerprint density at radius 2 is 1.95 bits per heavy atom. The minimum absolute atomic E-state index is 0.0526. The molecule has 0 bridgehead atoms. The lowest BCUT2D eigenvalue weighted by Crippen LogP contribution is -2.37. The summed E-state index contributed by atoms with van der Waals surface area (Å²) in [6.07, 6.45) is 1.39. The van der Waals surface area contributed by atoms with Crippen LogP contribution in [0.4, 0.5) is 0 Å². The lowest BCUT2D eigenvalue weighted by Gasteiger charge is -2.25. The van der Waals surface area contributed by atoms with Crippen LogP contribution in [0.15, 0.2) is 24.3 Å². The number of nitrogens with one attached hydrogen (secondary N) is 1. The Balaban J connectivity index is 2.46. The Morgan fingerprint density at radius 1 is 1.33 bits per heavy atom. The summed E-state index contributed by atoms with van der Waals surface area (Å²) >= 11 is 0. The Hall–Kier alpha value is -1.55. The smallest absolute Gasteiger partial charge is 0.223 e. The van der Waals surface area contributed by atoms with E-state index in [1.165, 1.54) is 0 Å². The van der Waals surface area contributed by atoms with E-state index in [0.717, 1.165) is 11.3 Å². The molecule has 1 amide bonds. The molecule has 0 saturated heterocycles. The second kappa shape index (κ2) is 8.03. The van der Waals surface area contributed by atoms with Crippen molar-refractivity contribution in [3.05, 3.63) is 29.8 Å². The van der Waals surface area contributed by atoms with Crippen LogP contribution >= 0.6 is 0 Å². The molecule has 0 saturated carbocycles. The second-order valence-electron chi connectivity index (χ2n) is 6.31. The van der Waals surface area contributed by atoms with Crippen molar-refractivity contribution in [1.82, 2.24) is 5.32 Å². The maximum atomic E-state index is 12.1. The van der Waals surface area contributed by atoms with Gasteiger partial charge in [-0.1, -0.05) is 32.9 Å². The molecule has 0 aliphatic rings. The number of aliphatic hydroxyl groups excluding tert-OH is 1. The quantitative estimate of drug-likeness (QED) is 0.774. The van der Waals surface area contributed by atoms with Gasteiger partial charge >= 0.3 is 0 Å². The molecule has 1 aromatic carbocycles. The Labute approximate surface area is 127 Å². The van der Waals surface area contributed by atoms with Crippen molar-refractivity contribution in [3.8, 4) is 5.75 Å². The third-order valence-corrected chi connectivity index (χ3v) is 3.68. The molecule has 0 radical (unpaired) electrons. The van der Waals surface area contributed by atoms with Crippen LogP contribution in [0.2, 0.25) is 0 Å². The third-order valence-electron chi connectivity index (χ3n) is 3.68. The summed E-state index contributed by atoms with van der Waals surface area (Å²) in [6, 6.07) is 7.78. The van der Waals surface area contributed by atoms with Gasteiger partial charge in [0.2, 0.25) is 5.91 Å². The summed E-state index contributed by atoms with van der Waals surface area (Å²) in [4.78, 5) is 12.1. The van der Waals surface area contributed by atoms with Crippen LogP contribution in [-0.2, 0) is 11.2 Å². The zero-order valence-corrected chi connectivity index (χ0v) is 13.5. The Morgan fingerprint density at radius 3 is 2.48 bits per heavy atom. The number of hydrogen-bond acceptors (Lipinski definition) is 3. The maximum Gasteiger partial charge on any atom is 0.223 e. The zero-order valence-electron chi connectivity index (χ0n) is 13.5. The number of methoxy groups -OCH3 is 1. The van der Waals surface area contributed by atoms with E-state index in [0.29, 0.717) is 19.4 Å². The van der Waals surface area contributed by atoms with Gasteiger partial charge in [0.25, 0.3) is 0 Å². The van der Waals surface area contributed by atoms with Gasteiger partial charge in [0, 0.05) is 19.1 Å². The molecular formula is C17H27NO3. The Kier molecular flexibility index (Phi) is 6.69. The van der Waals surface area contributed by atoms with Crippen LogP contribution in [0.5, 0.6) is 5.75 Å². The van der Waals surface area contributed by atoms with Crippen molar-refractivity contribution in [2.24, 2.45) is 11.3 Å². The van der Waals surface area contributed by atoms with Crippen molar-refractivity contribution >= 4 is 5.91 Å². The van der Waals surface area contributed by atoms with Gasteiger partial charge in [-0.05, 0) is 36.0 Å². The van der Waals surface area contributed by atoms with Gasteiger partial charge in [-0.3, -0.25) is 4.79 Å². The second-order valence-corrected chi connectivity index (χ2v) is 6.31. The molecule has 0 aliphatic carbocycles. The van der Waals surface area contributed by atoms with E-state index in [1.54, 1.807) is 7.11 Å². The van der Waals surface area contributed by atoms with Crippen molar-refractivity contribution in [3.63, 3.8) is 0 Å². The van der Waals surface area contributed by atoms with Gasteiger partial charge in [0.05, 0.1) is 7.11 Å². The first-order valence-corrected chi connectivity index (χ1v) is 7.39. The normalized spacial score (nSPS) is 12.8. The molecule has 0 spiro atoms. The highest BCUT2D eigenvalue weighted by molar-refractivity contribution is 5.78. The first-order chi connectivity index (χ1) is 9.88. The fraction of sp³-hybridized carbons (Fsp3) is 0.588. The fourth-order valence-electron chi connectivity index (χ4n) is 2.10. The first-order valence-electron chi connectivity index (χ1n) is 7.39. The molecular weight excluding hydrogens is 266 g/mol. The SMILES string of the molecule is COc1ccc(CC(C)C(=O)NCC(C)(C)CCO)cc1. The van der Waals surface area contributed by atoms with E-state index in [9.17, 15) is 4.79 Å². The largest absolute Gasteiger partial charge is 0.497 e. The van der Waals surface area contributed by atoms with Crippen LogP contribution in [0, 0.1) is 11.3 Å². The molecule has 118 valence electrons. The number of benzene rings is 1. The minimum Gasteiger partial charge on any atom is -0.497 e. The maximum absolute atomic E-state index is 12.1. The van der Waals surface area contributed by atoms with Gasteiger partial charge in [0.15, 0.2) is 0 Å². The summed E-state index contributed by atoms with van der Waals surface area (Å²) in [5, 5.41) is 12.0. The number of ether oxygens (including phenoxy) is 1. The van der Waals surface area contributed by atoms with E-state index in [2.05, 4.69) is 5.32 Å². The summed E-state index contributed by atoms with van der Waals surface area (Å²) < 4.78 is 5.12. The van der Waals surface area contributed by atoms with Crippen LogP contribution in [0.25, 0.3) is 0 Å². The zero-order chi connectivity index (χ0) is 15.9. The average molecular weight is 293 g/mol. The highest BCUT2D eigenvalue weighted by atomic mass is 16.5. The van der Waals surface area contributed by atoms with Crippen LogP contribution in [0.1, 0.15) is 32.8 Å². The number of carbonyl (C=O) groups is 1. The van der Waals surface area contributed by atoms with Crippen LogP contribution in [-0.4, -0.2) is 31.3 Å². The van der Waals surface area contributed by atoms with Gasteiger partial charge < -0.3 is 15.2 Å². The standard InChI is InChI=1S/C17H27NO3/c1-13(11-14-5-7-15(21-4)8-6-14)16(20)18-12-17(2,3)9-10-19/h5-8,13,19H,9-12H2,1-4H3,(H,18,20). The number of amides is 1. The van der Waals surface area contributed by atoms with Crippen molar-refractivity contribution < 1.29 is 14.6 Å². The number of carbonyl (C=O) groups excluding carboxylic acids is 1. The molecule has 4 nitrogen and oxygen atoms in total. The van der Waals surface area contributed by atoms with Crippen molar-refractivity contribution in [2.45, 2.75) is 33.6 Å². The topological polar surface area (TPSA) is 58.6 Å². The van der Waals surface area contributed by atoms with Gasteiger partial charge in [-0.2, -0.15) is 0 Å². The van der Waals surface area contributed by atoms with Gasteiger partial charge in [-0.25, -0.2) is 0 Å².